The molecule has 0 fully saturated rings. The van der Waals surface area contributed by atoms with Gasteiger partial charge in [0, 0.05) is 0 Å². The summed E-state index contributed by atoms with van der Waals surface area (Å²) in [5, 5.41) is 0. The number of benzene rings is 4. The first-order valence-electron chi connectivity index (χ1n) is 16.1. The third-order valence-corrected chi connectivity index (χ3v) is 22.0. The van der Waals surface area contributed by atoms with Crippen LogP contribution in [0, 0.1) is 0 Å². The van der Waals surface area contributed by atoms with Gasteiger partial charge in [-0.3, -0.25) is 0 Å². The molecule has 0 N–H and O–H groups in total. The molecule has 4 aromatic rings. The van der Waals surface area contributed by atoms with Gasteiger partial charge in [-0.2, -0.15) is 0 Å². The Balaban J connectivity index is 1.78. The van der Waals surface area contributed by atoms with E-state index in [2.05, 4.69) is 90.1 Å². The van der Waals surface area contributed by atoms with Crippen LogP contribution in [0.15, 0.2) is 109 Å². The molecule has 0 radical (unpaired) electrons. The molecule has 0 spiro atoms. The molecule has 0 unspecified atom stereocenters. The van der Waals surface area contributed by atoms with Crippen LogP contribution < -0.4 is 0 Å². The van der Waals surface area contributed by atoms with Crippen molar-refractivity contribution in [3.63, 3.8) is 0 Å². The van der Waals surface area contributed by atoms with E-state index in [1.165, 1.54) is 12.1 Å². The number of rotatable bonds is 4. The van der Waals surface area contributed by atoms with Crippen LogP contribution in [0.5, 0.6) is 0 Å². The Bertz CT molecular complexity index is 1840. The first kappa shape index (κ1) is 34.5. The molecule has 4 aromatic carbocycles. The van der Waals surface area contributed by atoms with Crippen LogP contribution in [-0.2, 0) is 44.1 Å². The molecule has 2 aliphatic carbocycles. The third kappa shape index (κ3) is 6.64. The van der Waals surface area contributed by atoms with E-state index >= 15 is 0 Å². The summed E-state index contributed by atoms with van der Waals surface area (Å²) in [4.78, 5) is 0. The standard InChI is InChI=1S/C21H25.C15H8F6.C5H5.Hf/c1-20(2,3)16-7-9-18-14(12-16)11-15-13-17(21(4,5)6)8-10-19(15)18;16-14(17,18)12-5-1-3-10(8-12)7-11-4-2-6-13(9-11)15(19,20)21;1-2-4-5-3-1;/h7-13H,1-6H3;1-6,8-9H;1-5H;. The van der Waals surface area contributed by atoms with E-state index in [9.17, 15) is 26.3 Å². The van der Waals surface area contributed by atoms with E-state index in [1.807, 2.05) is 12.2 Å². The number of fused-ring (bicyclic) bond motifs is 3. The zero-order chi connectivity index (χ0) is 34.8. The second-order valence-electron chi connectivity index (χ2n) is 14.8. The second-order valence-corrected chi connectivity index (χ2v) is 24.4. The van der Waals surface area contributed by atoms with Crippen molar-refractivity contribution in [1.29, 1.82) is 0 Å². The van der Waals surface area contributed by atoms with Crippen molar-refractivity contribution in [2.75, 3.05) is 0 Å². The Kier molecular flexibility index (Phi) is 8.80. The average molecular weight is 823 g/mol. The molecular weight excluding hydrogens is 785 g/mol. The Morgan fingerprint density at radius 1 is 0.521 bits per heavy atom. The zero-order valence-corrected chi connectivity index (χ0v) is 31.4. The predicted octanol–water partition coefficient (Wildman–Crippen LogP) is 12.2. The topological polar surface area (TPSA) is 0 Å². The SMILES string of the molecule is CC(C)(C)c1ccc2c(c1)[CH]([Hf](=[C](c1cccc(C(F)(F)F)c1)c1cccc(C(F)(F)F)c1)[CH]1C=CC=C1)c1cc(C(C)(C)C)ccc1-2. The summed E-state index contributed by atoms with van der Waals surface area (Å²) in [5.74, 6) is 0. The Morgan fingerprint density at radius 2 is 0.938 bits per heavy atom. The first-order chi connectivity index (χ1) is 22.3. The van der Waals surface area contributed by atoms with Crippen molar-refractivity contribution in [2.45, 2.75) is 72.1 Å². The molecule has 48 heavy (non-hydrogen) atoms. The molecular formula is C41H38F6Hf. The summed E-state index contributed by atoms with van der Waals surface area (Å²) >= 11 is -3.81. The van der Waals surface area contributed by atoms with Gasteiger partial charge in [-0.05, 0) is 0 Å². The van der Waals surface area contributed by atoms with Crippen molar-refractivity contribution >= 4 is 3.26 Å². The maximum atomic E-state index is 14.2. The minimum absolute atomic E-state index is 0.0885. The fourth-order valence-corrected chi connectivity index (χ4v) is 20.4. The molecule has 0 saturated heterocycles. The molecule has 0 atom stereocenters. The van der Waals surface area contributed by atoms with E-state index in [-0.39, 0.29) is 18.2 Å². The molecule has 0 saturated carbocycles. The van der Waals surface area contributed by atoms with Crippen LogP contribution in [0.3, 0.4) is 0 Å². The fourth-order valence-electron chi connectivity index (χ4n) is 6.87. The Labute approximate surface area is 286 Å². The van der Waals surface area contributed by atoms with Crippen LogP contribution in [0.1, 0.15) is 89.7 Å². The van der Waals surface area contributed by atoms with Gasteiger partial charge in [-0.1, -0.05) is 0 Å². The summed E-state index contributed by atoms with van der Waals surface area (Å²) in [7, 11) is 0. The van der Waals surface area contributed by atoms with Crippen molar-refractivity contribution in [1.82, 2.24) is 0 Å². The van der Waals surface area contributed by atoms with Gasteiger partial charge < -0.3 is 0 Å². The Morgan fingerprint density at radius 3 is 1.31 bits per heavy atom. The van der Waals surface area contributed by atoms with Gasteiger partial charge in [-0.15, -0.1) is 0 Å². The molecule has 0 bridgehead atoms. The van der Waals surface area contributed by atoms with Gasteiger partial charge in [0.25, 0.3) is 0 Å². The zero-order valence-electron chi connectivity index (χ0n) is 27.8. The van der Waals surface area contributed by atoms with Gasteiger partial charge in [-0.25, -0.2) is 0 Å². The maximum absolute atomic E-state index is 14.2. The first-order valence-corrected chi connectivity index (χ1v) is 22.0. The van der Waals surface area contributed by atoms with Crippen molar-refractivity contribution in [3.8, 4) is 11.1 Å². The summed E-state index contributed by atoms with van der Waals surface area (Å²) in [6.07, 6.45) is -1.10. The van der Waals surface area contributed by atoms with Gasteiger partial charge in [0.15, 0.2) is 0 Å². The van der Waals surface area contributed by atoms with Crippen molar-refractivity contribution in [2.24, 2.45) is 0 Å². The van der Waals surface area contributed by atoms with E-state index < -0.39 is 44.4 Å². The molecule has 248 valence electrons. The number of hydrogen-bond acceptors (Lipinski definition) is 0. The predicted molar refractivity (Wildman–Crippen MR) is 179 cm³/mol. The van der Waals surface area contributed by atoms with E-state index in [4.69, 9.17) is 0 Å². The van der Waals surface area contributed by atoms with Crippen LogP contribution in [0.2, 0.25) is 3.67 Å². The summed E-state index contributed by atoms with van der Waals surface area (Å²) in [5.41, 5.74) is 5.41. The van der Waals surface area contributed by atoms with Gasteiger partial charge >= 0.3 is 287 Å². The third-order valence-electron chi connectivity index (χ3n) is 9.41. The second kappa shape index (κ2) is 12.2. The van der Waals surface area contributed by atoms with Crippen LogP contribution >= 0.6 is 0 Å². The monoisotopic (exact) mass is 824 g/mol. The van der Waals surface area contributed by atoms with E-state index in [0.29, 0.717) is 14.4 Å². The number of halogens is 6. The average Bonchev–Trinajstić information content (AvgIpc) is 3.64. The molecule has 0 nitrogen and oxygen atoms in total. The molecule has 0 amide bonds. The van der Waals surface area contributed by atoms with E-state index in [1.54, 1.807) is 12.1 Å². The Hall–Kier alpha value is -3.32. The molecule has 7 heteroatoms. The van der Waals surface area contributed by atoms with Crippen LogP contribution in [0.25, 0.3) is 11.1 Å². The summed E-state index contributed by atoms with van der Waals surface area (Å²) in [6.45, 7) is 12.9. The van der Waals surface area contributed by atoms with E-state index in [0.717, 1.165) is 57.6 Å². The number of alkyl halides is 6. The summed E-state index contributed by atoms with van der Waals surface area (Å²) in [6, 6.07) is 23.5. The fraction of sp³-hybridized carbons (Fsp3) is 0.293. The number of hydrogen-bond donors (Lipinski definition) is 0. The van der Waals surface area contributed by atoms with Gasteiger partial charge in [0.05, 0.1) is 0 Å². The van der Waals surface area contributed by atoms with Gasteiger partial charge in [0.1, 0.15) is 0 Å². The quantitative estimate of drug-likeness (QED) is 0.142. The number of allylic oxidation sites excluding steroid dienone is 4. The molecule has 6 rings (SSSR count). The molecule has 0 heterocycles. The van der Waals surface area contributed by atoms with Crippen molar-refractivity contribution < 1.29 is 47.3 Å². The van der Waals surface area contributed by atoms with Gasteiger partial charge in [0.2, 0.25) is 0 Å². The minimum atomic E-state index is -4.61. The normalized spacial score (nSPS) is 15.2. The van der Waals surface area contributed by atoms with Crippen molar-refractivity contribution in [3.05, 3.63) is 154 Å². The van der Waals surface area contributed by atoms with Crippen LogP contribution in [-0.4, -0.2) is 3.26 Å². The molecule has 2 aliphatic rings. The molecule has 0 aliphatic heterocycles. The summed E-state index contributed by atoms with van der Waals surface area (Å²) < 4.78 is 85.6. The van der Waals surface area contributed by atoms with Crippen LogP contribution in [0.4, 0.5) is 26.3 Å². The molecule has 0 aromatic heterocycles.